The molecule has 0 spiro atoms. The number of aliphatic hydroxyl groups is 1. The van der Waals surface area contributed by atoms with Crippen molar-refractivity contribution in [1.29, 1.82) is 0 Å². The van der Waals surface area contributed by atoms with E-state index in [0.717, 1.165) is 18.6 Å². The number of thiophene rings is 1. The second-order valence-electron chi connectivity index (χ2n) is 5.18. The molecule has 5 heteroatoms. The summed E-state index contributed by atoms with van der Waals surface area (Å²) in [5.74, 6) is -1.43. The van der Waals surface area contributed by atoms with Crippen molar-refractivity contribution in [3.8, 4) is 0 Å². The number of nitrogens with one attached hydrogen (secondary N) is 1. The molecule has 0 saturated heterocycles. The Morgan fingerprint density at radius 1 is 1.19 bits per heavy atom. The zero-order valence-electron chi connectivity index (χ0n) is 12.1. The molecule has 2 atom stereocenters. The van der Waals surface area contributed by atoms with Gasteiger partial charge in [0.1, 0.15) is 11.6 Å². The summed E-state index contributed by atoms with van der Waals surface area (Å²) in [7, 11) is 0. The van der Waals surface area contributed by atoms with E-state index in [1.54, 1.807) is 11.3 Å². The van der Waals surface area contributed by atoms with Gasteiger partial charge in [-0.1, -0.05) is 6.07 Å². The van der Waals surface area contributed by atoms with E-state index in [0.29, 0.717) is 0 Å². The molecule has 2 unspecified atom stereocenters. The van der Waals surface area contributed by atoms with E-state index < -0.39 is 17.7 Å². The molecule has 2 rings (SSSR count). The zero-order chi connectivity index (χ0) is 15.4. The summed E-state index contributed by atoms with van der Waals surface area (Å²) in [6.07, 6.45) is -0.371. The Morgan fingerprint density at radius 3 is 2.43 bits per heavy atom. The Kier molecular flexibility index (Phi) is 5.45. The lowest BCUT2D eigenvalue weighted by molar-refractivity contribution is 0.161. The van der Waals surface area contributed by atoms with Crippen molar-refractivity contribution in [3.05, 3.63) is 57.3 Å². The van der Waals surface area contributed by atoms with Crippen LogP contribution in [-0.4, -0.2) is 17.7 Å². The normalized spacial score (nSPS) is 14.1. The van der Waals surface area contributed by atoms with Crippen LogP contribution in [0.4, 0.5) is 8.78 Å². The lowest BCUT2D eigenvalue weighted by Gasteiger charge is -2.17. The van der Waals surface area contributed by atoms with Crippen molar-refractivity contribution < 1.29 is 13.9 Å². The summed E-state index contributed by atoms with van der Waals surface area (Å²) in [6, 6.07) is 7.85. The fourth-order valence-electron chi connectivity index (χ4n) is 2.21. The van der Waals surface area contributed by atoms with Gasteiger partial charge in [0, 0.05) is 22.3 Å². The monoisotopic (exact) mass is 311 g/mol. The van der Waals surface area contributed by atoms with Crippen LogP contribution in [0.1, 0.15) is 28.3 Å². The quantitative estimate of drug-likeness (QED) is 0.854. The largest absolute Gasteiger partial charge is 0.387 e. The summed E-state index contributed by atoms with van der Waals surface area (Å²) in [6.45, 7) is 4.15. The van der Waals surface area contributed by atoms with Gasteiger partial charge in [0.2, 0.25) is 0 Å². The Hall–Kier alpha value is -1.30. The van der Waals surface area contributed by atoms with E-state index in [9.17, 15) is 13.9 Å². The third-order valence-electron chi connectivity index (χ3n) is 3.30. The van der Waals surface area contributed by atoms with Crippen molar-refractivity contribution in [1.82, 2.24) is 5.32 Å². The van der Waals surface area contributed by atoms with Gasteiger partial charge in [0.05, 0.1) is 11.7 Å². The molecule has 0 aliphatic rings. The maximum atomic E-state index is 13.5. The third-order valence-corrected chi connectivity index (χ3v) is 4.32. The number of hydrogen-bond acceptors (Lipinski definition) is 3. The highest BCUT2D eigenvalue weighted by Crippen LogP contribution is 2.21. The average molecular weight is 311 g/mol. The minimum Gasteiger partial charge on any atom is -0.387 e. The van der Waals surface area contributed by atoms with Gasteiger partial charge in [-0.2, -0.15) is 0 Å². The SMILES string of the molecule is Cc1ccc(CC(C)NCC(O)c2c(F)cccc2F)s1. The fraction of sp³-hybridized carbons (Fsp3) is 0.375. The molecule has 1 aromatic carbocycles. The van der Waals surface area contributed by atoms with Crippen LogP contribution in [0.2, 0.25) is 0 Å². The van der Waals surface area contributed by atoms with E-state index in [1.807, 2.05) is 6.92 Å². The number of benzene rings is 1. The first kappa shape index (κ1) is 16.1. The van der Waals surface area contributed by atoms with Crippen LogP contribution in [0.3, 0.4) is 0 Å². The van der Waals surface area contributed by atoms with Gasteiger partial charge in [-0.25, -0.2) is 8.78 Å². The second-order valence-corrected chi connectivity index (χ2v) is 6.55. The number of halogens is 2. The number of aliphatic hydroxyl groups excluding tert-OH is 1. The molecule has 2 aromatic rings. The first-order chi connectivity index (χ1) is 9.97. The number of rotatable bonds is 6. The van der Waals surface area contributed by atoms with Crippen LogP contribution in [0.25, 0.3) is 0 Å². The summed E-state index contributed by atoms with van der Waals surface area (Å²) in [4.78, 5) is 2.50. The van der Waals surface area contributed by atoms with Gasteiger partial charge >= 0.3 is 0 Å². The van der Waals surface area contributed by atoms with Crippen molar-refractivity contribution in [2.75, 3.05) is 6.54 Å². The van der Waals surface area contributed by atoms with Gasteiger partial charge < -0.3 is 10.4 Å². The second kappa shape index (κ2) is 7.11. The molecular weight excluding hydrogens is 292 g/mol. The van der Waals surface area contributed by atoms with E-state index in [1.165, 1.54) is 15.8 Å². The van der Waals surface area contributed by atoms with Crippen LogP contribution in [0.5, 0.6) is 0 Å². The minimum absolute atomic E-state index is 0.114. The van der Waals surface area contributed by atoms with Gasteiger partial charge in [0.25, 0.3) is 0 Å². The molecule has 0 amide bonds. The maximum absolute atomic E-state index is 13.5. The number of hydrogen-bond donors (Lipinski definition) is 2. The number of aryl methyl sites for hydroxylation is 1. The molecule has 1 aromatic heterocycles. The molecule has 0 aliphatic heterocycles. The van der Waals surface area contributed by atoms with E-state index >= 15 is 0 Å². The molecule has 114 valence electrons. The van der Waals surface area contributed by atoms with Gasteiger partial charge in [-0.15, -0.1) is 11.3 Å². The average Bonchev–Trinajstić information content (AvgIpc) is 2.81. The molecule has 2 N–H and O–H groups in total. The predicted molar refractivity (Wildman–Crippen MR) is 81.5 cm³/mol. The van der Waals surface area contributed by atoms with Crippen LogP contribution < -0.4 is 5.32 Å². The molecule has 0 fully saturated rings. The smallest absolute Gasteiger partial charge is 0.131 e. The van der Waals surface area contributed by atoms with E-state index in [2.05, 4.69) is 24.4 Å². The predicted octanol–water partition coefficient (Wildman–Crippen LogP) is 3.59. The standard InChI is InChI=1S/C16H19F2NOS/c1-10(8-12-7-6-11(2)21-12)19-9-15(20)16-13(17)4-3-5-14(16)18/h3-7,10,15,19-20H,8-9H2,1-2H3. The zero-order valence-corrected chi connectivity index (χ0v) is 12.9. The van der Waals surface area contributed by atoms with Crippen LogP contribution in [0.15, 0.2) is 30.3 Å². The molecule has 1 heterocycles. The van der Waals surface area contributed by atoms with Crippen molar-refractivity contribution in [2.45, 2.75) is 32.4 Å². The van der Waals surface area contributed by atoms with Crippen molar-refractivity contribution in [2.24, 2.45) is 0 Å². The fourth-order valence-corrected chi connectivity index (χ4v) is 3.23. The minimum atomic E-state index is -1.20. The lowest BCUT2D eigenvalue weighted by atomic mass is 10.1. The Morgan fingerprint density at radius 2 is 1.86 bits per heavy atom. The van der Waals surface area contributed by atoms with Crippen LogP contribution in [0, 0.1) is 18.6 Å². The summed E-state index contributed by atoms with van der Waals surface area (Å²) >= 11 is 1.73. The molecule has 0 saturated carbocycles. The van der Waals surface area contributed by atoms with E-state index in [-0.39, 0.29) is 18.2 Å². The van der Waals surface area contributed by atoms with Crippen molar-refractivity contribution in [3.63, 3.8) is 0 Å². The van der Waals surface area contributed by atoms with E-state index in [4.69, 9.17) is 0 Å². The highest BCUT2D eigenvalue weighted by Gasteiger charge is 2.18. The summed E-state index contributed by atoms with van der Waals surface area (Å²) in [5, 5.41) is 13.1. The molecule has 2 nitrogen and oxygen atoms in total. The Balaban J connectivity index is 1.90. The van der Waals surface area contributed by atoms with Crippen LogP contribution in [-0.2, 0) is 6.42 Å². The Labute approximate surface area is 127 Å². The van der Waals surface area contributed by atoms with Gasteiger partial charge in [0.15, 0.2) is 0 Å². The Bertz CT molecular complexity index is 579. The molecular formula is C16H19F2NOS. The summed E-state index contributed by atoms with van der Waals surface area (Å²) < 4.78 is 27.1. The third kappa shape index (κ3) is 4.33. The molecule has 0 radical (unpaired) electrons. The highest BCUT2D eigenvalue weighted by atomic mass is 32.1. The maximum Gasteiger partial charge on any atom is 0.131 e. The highest BCUT2D eigenvalue weighted by molar-refractivity contribution is 7.11. The topological polar surface area (TPSA) is 32.3 Å². The van der Waals surface area contributed by atoms with Gasteiger partial charge in [-0.05, 0) is 44.5 Å². The first-order valence-electron chi connectivity index (χ1n) is 6.88. The first-order valence-corrected chi connectivity index (χ1v) is 7.69. The van der Waals surface area contributed by atoms with Crippen LogP contribution >= 0.6 is 11.3 Å². The molecule has 21 heavy (non-hydrogen) atoms. The van der Waals surface area contributed by atoms with Crippen molar-refractivity contribution >= 4 is 11.3 Å². The lowest BCUT2D eigenvalue weighted by Crippen LogP contribution is -2.32. The summed E-state index contributed by atoms with van der Waals surface area (Å²) in [5.41, 5.74) is -0.274. The molecule has 0 bridgehead atoms. The van der Waals surface area contributed by atoms with Gasteiger partial charge in [-0.3, -0.25) is 0 Å². The molecule has 0 aliphatic carbocycles.